The maximum Gasteiger partial charge on any atom is 0.266 e. The van der Waals surface area contributed by atoms with Crippen LogP contribution in [0.5, 0.6) is 5.75 Å². The Hall–Kier alpha value is -4.42. The summed E-state index contributed by atoms with van der Waals surface area (Å²) in [7, 11) is 1.60. The van der Waals surface area contributed by atoms with Crippen LogP contribution in [0.25, 0.3) is 16.6 Å². The van der Waals surface area contributed by atoms with Crippen LogP contribution >= 0.6 is 11.6 Å². The second-order valence-electron chi connectivity index (χ2n) is 10.3. The fourth-order valence-electron chi connectivity index (χ4n) is 5.33. The molecule has 1 amide bonds. The highest BCUT2D eigenvalue weighted by Crippen LogP contribution is 2.32. The second kappa shape index (κ2) is 13.0. The van der Waals surface area contributed by atoms with Gasteiger partial charge in [-0.3, -0.25) is 14.2 Å². The van der Waals surface area contributed by atoms with E-state index in [4.69, 9.17) is 21.3 Å². The second-order valence-corrected chi connectivity index (χ2v) is 10.7. The van der Waals surface area contributed by atoms with Crippen LogP contribution in [-0.2, 0) is 4.79 Å². The molecule has 0 bridgehead atoms. The fourth-order valence-corrected chi connectivity index (χ4v) is 5.50. The molecule has 0 aliphatic rings. The maximum atomic E-state index is 14.7. The van der Waals surface area contributed by atoms with Gasteiger partial charge in [0.2, 0.25) is 5.91 Å². The highest BCUT2D eigenvalue weighted by molar-refractivity contribution is 6.31. The number of nitrogens with zero attached hydrogens (tertiary/aromatic N) is 3. The number of amides is 1. The number of aromatic nitrogens is 2. The van der Waals surface area contributed by atoms with Gasteiger partial charge < -0.3 is 9.64 Å². The molecule has 7 heteroatoms. The van der Waals surface area contributed by atoms with Crippen LogP contribution in [-0.4, -0.2) is 34.0 Å². The molecule has 0 spiro atoms. The van der Waals surface area contributed by atoms with Crippen LogP contribution in [0.1, 0.15) is 55.6 Å². The van der Waals surface area contributed by atoms with E-state index in [0.717, 1.165) is 24.0 Å². The first-order valence-corrected chi connectivity index (χ1v) is 14.6. The summed E-state index contributed by atoms with van der Waals surface area (Å²) in [5.41, 5.74) is 2.72. The minimum Gasteiger partial charge on any atom is -0.497 e. The Balaban J connectivity index is 1.69. The van der Waals surface area contributed by atoms with E-state index in [0.29, 0.717) is 39.7 Å². The van der Waals surface area contributed by atoms with E-state index in [-0.39, 0.29) is 11.5 Å². The quantitative estimate of drug-likeness (QED) is 0.171. The van der Waals surface area contributed by atoms with E-state index < -0.39 is 12.0 Å². The van der Waals surface area contributed by atoms with E-state index in [1.807, 2.05) is 96.8 Å². The Morgan fingerprint density at radius 2 is 1.55 bits per heavy atom. The van der Waals surface area contributed by atoms with Crippen molar-refractivity contribution in [2.45, 2.75) is 38.6 Å². The topological polar surface area (TPSA) is 64.4 Å². The summed E-state index contributed by atoms with van der Waals surface area (Å²) in [6, 6.07) is 31.5. The molecule has 214 valence electrons. The summed E-state index contributed by atoms with van der Waals surface area (Å²) < 4.78 is 6.95. The van der Waals surface area contributed by atoms with E-state index >= 15 is 0 Å². The number of methoxy groups -OCH3 is 1. The van der Waals surface area contributed by atoms with Crippen LogP contribution in [0.15, 0.2) is 108 Å². The van der Waals surface area contributed by atoms with Gasteiger partial charge in [-0.05, 0) is 66.9 Å². The van der Waals surface area contributed by atoms with Gasteiger partial charge in [0.05, 0.1) is 35.7 Å². The van der Waals surface area contributed by atoms with Gasteiger partial charge in [-0.1, -0.05) is 85.6 Å². The smallest absolute Gasteiger partial charge is 0.266 e. The Bertz CT molecular complexity index is 1680. The largest absolute Gasteiger partial charge is 0.497 e. The van der Waals surface area contributed by atoms with Gasteiger partial charge in [0, 0.05) is 11.6 Å². The number of benzene rings is 4. The highest BCUT2D eigenvalue weighted by Gasteiger charge is 2.33. The molecule has 1 aromatic heterocycles. The van der Waals surface area contributed by atoms with Crippen molar-refractivity contribution in [3.8, 4) is 11.4 Å². The Labute approximate surface area is 251 Å². The molecule has 5 aromatic rings. The third-order valence-electron chi connectivity index (χ3n) is 7.58. The van der Waals surface area contributed by atoms with Crippen molar-refractivity contribution >= 4 is 28.4 Å². The normalized spacial score (nSPS) is 11.9. The van der Waals surface area contributed by atoms with Crippen LogP contribution in [0.2, 0.25) is 5.02 Å². The molecule has 0 saturated heterocycles. The Morgan fingerprint density at radius 3 is 2.12 bits per heavy atom. The minimum absolute atomic E-state index is 0.0462. The van der Waals surface area contributed by atoms with Gasteiger partial charge in [-0.15, -0.1) is 0 Å². The Kier molecular flexibility index (Phi) is 9.03. The van der Waals surface area contributed by atoms with Crippen LogP contribution in [0, 0.1) is 0 Å². The summed E-state index contributed by atoms with van der Waals surface area (Å²) in [5, 5.41) is 0.936. The van der Waals surface area contributed by atoms with Gasteiger partial charge in [-0.25, -0.2) is 4.98 Å². The molecule has 0 radical (unpaired) electrons. The maximum absolute atomic E-state index is 14.7. The van der Waals surface area contributed by atoms with E-state index in [1.165, 1.54) is 0 Å². The predicted molar refractivity (Wildman–Crippen MR) is 169 cm³/mol. The minimum atomic E-state index is -0.530. The number of ether oxygens (including phenoxy) is 1. The summed E-state index contributed by atoms with van der Waals surface area (Å²) in [6.07, 6.45) is 1.71. The van der Waals surface area contributed by atoms with E-state index in [2.05, 4.69) is 6.92 Å². The Morgan fingerprint density at radius 1 is 0.929 bits per heavy atom. The summed E-state index contributed by atoms with van der Waals surface area (Å²) in [4.78, 5) is 35.6. The number of unbranched alkanes of at least 4 members (excludes halogenated alkanes) is 1. The molecule has 1 unspecified atom stereocenters. The average molecular weight is 580 g/mol. The number of halogens is 1. The standard InChI is InChI=1S/C35H34ClN3O3/c1-4-5-22-38(35(41)32(25-12-8-6-9-13-25)26-14-10-7-11-15-26)24(2)33-37-31-23-27(36)16-21-30(31)34(40)39(33)28-17-19-29(42-3)20-18-28/h6-21,23-24,32H,4-5,22H2,1-3H3. The molecule has 0 aliphatic heterocycles. The number of carbonyl (C=O) groups excluding carboxylic acids is 1. The third kappa shape index (κ3) is 5.95. The average Bonchev–Trinajstić information content (AvgIpc) is 3.02. The van der Waals surface area contributed by atoms with Crippen molar-refractivity contribution in [3.63, 3.8) is 0 Å². The molecule has 5 rings (SSSR count). The number of fused-ring (bicyclic) bond motifs is 1. The van der Waals surface area contributed by atoms with Crippen LogP contribution < -0.4 is 10.3 Å². The molecule has 42 heavy (non-hydrogen) atoms. The van der Waals surface area contributed by atoms with Crippen molar-refractivity contribution in [2.75, 3.05) is 13.7 Å². The molecule has 6 nitrogen and oxygen atoms in total. The first kappa shape index (κ1) is 29.1. The molecule has 0 N–H and O–H groups in total. The van der Waals surface area contributed by atoms with Gasteiger partial charge >= 0.3 is 0 Å². The molecule has 1 heterocycles. The first-order valence-electron chi connectivity index (χ1n) is 14.2. The fraction of sp³-hybridized carbons (Fsp3) is 0.229. The van der Waals surface area contributed by atoms with Crippen LogP contribution in [0.4, 0.5) is 0 Å². The molecule has 0 saturated carbocycles. The summed E-state index contributed by atoms with van der Waals surface area (Å²) in [6.45, 7) is 4.56. The summed E-state index contributed by atoms with van der Waals surface area (Å²) >= 11 is 6.32. The molecular weight excluding hydrogens is 546 g/mol. The van der Waals surface area contributed by atoms with Crippen molar-refractivity contribution in [3.05, 3.63) is 135 Å². The zero-order valence-corrected chi connectivity index (χ0v) is 24.8. The van der Waals surface area contributed by atoms with Crippen molar-refractivity contribution in [1.29, 1.82) is 0 Å². The van der Waals surface area contributed by atoms with Gasteiger partial charge in [-0.2, -0.15) is 0 Å². The van der Waals surface area contributed by atoms with E-state index in [1.54, 1.807) is 29.9 Å². The lowest BCUT2D eigenvalue weighted by Gasteiger charge is -2.34. The number of hydrogen-bond donors (Lipinski definition) is 0. The number of rotatable bonds is 10. The highest BCUT2D eigenvalue weighted by atomic mass is 35.5. The molecule has 0 fully saturated rings. The van der Waals surface area contributed by atoms with Gasteiger partial charge in [0.1, 0.15) is 11.6 Å². The van der Waals surface area contributed by atoms with Crippen molar-refractivity contribution in [1.82, 2.24) is 14.5 Å². The number of carbonyl (C=O) groups is 1. The van der Waals surface area contributed by atoms with E-state index in [9.17, 15) is 9.59 Å². The summed E-state index contributed by atoms with van der Waals surface area (Å²) in [5.74, 6) is 0.581. The van der Waals surface area contributed by atoms with Crippen molar-refractivity contribution in [2.24, 2.45) is 0 Å². The SMILES string of the molecule is CCCCN(C(=O)C(c1ccccc1)c1ccccc1)C(C)c1nc2cc(Cl)ccc2c(=O)n1-c1ccc(OC)cc1. The monoisotopic (exact) mass is 579 g/mol. The lowest BCUT2D eigenvalue weighted by atomic mass is 9.89. The molecule has 0 aliphatic carbocycles. The van der Waals surface area contributed by atoms with Crippen molar-refractivity contribution < 1.29 is 9.53 Å². The number of hydrogen-bond acceptors (Lipinski definition) is 4. The van der Waals surface area contributed by atoms with Gasteiger partial charge in [0.25, 0.3) is 5.56 Å². The molecule has 4 aromatic carbocycles. The van der Waals surface area contributed by atoms with Gasteiger partial charge in [0.15, 0.2) is 0 Å². The molecular formula is C35H34ClN3O3. The first-order chi connectivity index (χ1) is 20.4. The zero-order valence-electron chi connectivity index (χ0n) is 24.0. The third-order valence-corrected chi connectivity index (χ3v) is 7.81. The lowest BCUT2D eigenvalue weighted by Crippen LogP contribution is -2.40. The molecule has 1 atom stereocenters. The zero-order chi connectivity index (χ0) is 29.6. The predicted octanol–water partition coefficient (Wildman–Crippen LogP) is 7.57. The lowest BCUT2D eigenvalue weighted by molar-refractivity contribution is -0.134. The van der Waals surface area contributed by atoms with Crippen LogP contribution in [0.3, 0.4) is 0 Å².